The lowest BCUT2D eigenvalue weighted by atomic mass is 10.1. The molecule has 0 saturated heterocycles. The number of rotatable bonds is 1. The molecule has 1 aliphatic rings. The standard InChI is InChI=1S/C10H16N2O/c1-10(2,3)12-9(7-4-5-7)8(13)6-11-12/h6-7,13H,4-5H2,1-3H3. The Morgan fingerprint density at radius 3 is 2.54 bits per heavy atom. The number of hydrogen-bond acceptors (Lipinski definition) is 2. The summed E-state index contributed by atoms with van der Waals surface area (Å²) in [6, 6.07) is 0. The van der Waals surface area contributed by atoms with Crippen molar-refractivity contribution in [1.29, 1.82) is 0 Å². The average Bonchev–Trinajstić information content (AvgIpc) is 2.73. The first-order valence-corrected chi connectivity index (χ1v) is 4.77. The first-order valence-electron chi connectivity index (χ1n) is 4.77. The second kappa shape index (κ2) is 2.50. The van der Waals surface area contributed by atoms with Crippen molar-refractivity contribution in [1.82, 2.24) is 9.78 Å². The van der Waals surface area contributed by atoms with Crippen LogP contribution in [0.25, 0.3) is 0 Å². The Bertz CT molecular complexity index is 318. The predicted molar refractivity (Wildman–Crippen MR) is 50.9 cm³/mol. The molecule has 1 fully saturated rings. The minimum Gasteiger partial charge on any atom is -0.504 e. The number of aromatic hydroxyl groups is 1. The minimum absolute atomic E-state index is 0.0289. The highest BCUT2D eigenvalue weighted by Gasteiger charge is 2.33. The van der Waals surface area contributed by atoms with E-state index in [9.17, 15) is 5.11 Å². The van der Waals surface area contributed by atoms with Crippen LogP contribution in [-0.4, -0.2) is 14.9 Å². The van der Waals surface area contributed by atoms with Gasteiger partial charge in [0.1, 0.15) is 0 Å². The van der Waals surface area contributed by atoms with Gasteiger partial charge >= 0.3 is 0 Å². The summed E-state index contributed by atoms with van der Waals surface area (Å²) in [5.74, 6) is 0.902. The lowest BCUT2D eigenvalue weighted by Crippen LogP contribution is -2.24. The molecule has 1 aromatic heterocycles. The number of nitrogens with zero attached hydrogens (tertiary/aromatic N) is 2. The lowest BCUT2D eigenvalue weighted by molar-refractivity contribution is 0.339. The molecule has 72 valence electrons. The molecule has 3 heteroatoms. The van der Waals surface area contributed by atoms with Crippen LogP contribution in [0.15, 0.2) is 6.20 Å². The Labute approximate surface area is 78.4 Å². The molecule has 1 heterocycles. The van der Waals surface area contributed by atoms with Gasteiger partial charge < -0.3 is 5.11 Å². The molecule has 0 atom stereocenters. The van der Waals surface area contributed by atoms with E-state index < -0.39 is 0 Å². The van der Waals surface area contributed by atoms with Crippen LogP contribution in [0.2, 0.25) is 0 Å². The number of hydrogen-bond donors (Lipinski definition) is 1. The summed E-state index contributed by atoms with van der Waals surface area (Å²) >= 11 is 0. The van der Waals surface area contributed by atoms with Crippen LogP contribution < -0.4 is 0 Å². The Morgan fingerprint density at radius 2 is 2.08 bits per heavy atom. The molecule has 0 amide bonds. The predicted octanol–water partition coefficient (Wildman–Crippen LogP) is 2.22. The molecular formula is C10H16N2O. The van der Waals surface area contributed by atoms with E-state index in [1.165, 1.54) is 12.8 Å². The van der Waals surface area contributed by atoms with E-state index in [1.54, 1.807) is 6.20 Å². The molecule has 0 unspecified atom stereocenters. The average molecular weight is 180 g/mol. The van der Waals surface area contributed by atoms with Crippen LogP contribution in [0.3, 0.4) is 0 Å². The van der Waals surface area contributed by atoms with Crippen molar-refractivity contribution in [2.24, 2.45) is 0 Å². The smallest absolute Gasteiger partial charge is 0.157 e. The molecule has 0 radical (unpaired) electrons. The summed E-state index contributed by atoms with van der Waals surface area (Å²) in [6.45, 7) is 6.31. The molecule has 0 bridgehead atoms. The van der Waals surface area contributed by atoms with Crippen molar-refractivity contribution in [2.45, 2.75) is 45.1 Å². The first kappa shape index (κ1) is 8.60. The van der Waals surface area contributed by atoms with E-state index in [2.05, 4.69) is 25.9 Å². The molecule has 2 rings (SSSR count). The molecule has 13 heavy (non-hydrogen) atoms. The van der Waals surface area contributed by atoms with Crippen LogP contribution in [-0.2, 0) is 5.54 Å². The Morgan fingerprint density at radius 1 is 1.46 bits per heavy atom. The van der Waals surface area contributed by atoms with Crippen LogP contribution in [0.4, 0.5) is 0 Å². The molecule has 0 spiro atoms. The van der Waals surface area contributed by atoms with Crippen LogP contribution >= 0.6 is 0 Å². The molecule has 1 N–H and O–H groups in total. The van der Waals surface area contributed by atoms with Gasteiger partial charge in [0.05, 0.1) is 17.4 Å². The topological polar surface area (TPSA) is 38.0 Å². The molecule has 1 aliphatic carbocycles. The van der Waals surface area contributed by atoms with E-state index in [0.29, 0.717) is 11.7 Å². The van der Waals surface area contributed by atoms with Gasteiger partial charge in [0.25, 0.3) is 0 Å². The fourth-order valence-electron chi connectivity index (χ4n) is 1.62. The van der Waals surface area contributed by atoms with E-state index in [1.807, 2.05) is 4.68 Å². The molecule has 1 saturated carbocycles. The quantitative estimate of drug-likeness (QED) is 0.719. The first-order chi connectivity index (χ1) is 6.00. The molecule has 0 aromatic carbocycles. The van der Waals surface area contributed by atoms with Gasteiger partial charge in [0.2, 0.25) is 0 Å². The Hall–Kier alpha value is -0.990. The zero-order valence-electron chi connectivity index (χ0n) is 8.41. The maximum absolute atomic E-state index is 9.62. The van der Waals surface area contributed by atoms with Gasteiger partial charge in [-0.3, -0.25) is 4.68 Å². The van der Waals surface area contributed by atoms with Gasteiger partial charge in [-0.05, 0) is 33.6 Å². The monoisotopic (exact) mass is 180 g/mol. The maximum atomic E-state index is 9.62. The summed E-state index contributed by atoms with van der Waals surface area (Å²) in [5, 5.41) is 13.8. The summed E-state index contributed by atoms with van der Waals surface area (Å²) in [5.41, 5.74) is 0.992. The van der Waals surface area contributed by atoms with Gasteiger partial charge in [-0.2, -0.15) is 5.10 Å². The largest absolute Gasteiger partial charge is 0.504 e. The van der Waals surface area contributed by atoms with Crippen molar-refractivity contribution in [3.8, 4) is 5.75 Å². The van der Waals surface area contributed by atoms with Crippen LogP contribution in [0.5, 0.6) is 5.75 Å². The third-order valence-electron chi connectivity index (χ3n) is 2.39. The normalized spacial score (nSPS) is 17.8. The highest BCUT2D eigenvalue weighted by atomic mass is 16.3. The SMILES string of the molecule is CC(C)(C)n1ncc(O)c1C1CC1. The Kier molecular flexibility index (Phi) is 1.65. The van der Waals surface area contributed by atoms with Gasteiger partial charge in [-0.1, -0.05) is 0 Å². The fourth-order valence-corrected chi connectivity index (χ4v) is 1.62. The van der Waals surface area contributed by atoms with Crippen molar-refractivity contribution in [3.63, 3.8) is 0 Å². The third-order valence-corrected chi connectivity index (χ3v) is 2.39. The van der Waals surface area contributed by atoms with E-state index >= 15 is 0 Å². The zero-order chi connectivity index (χ0) is 9.64. The molecule has 3 nitrogen and oxygen atoms in total. The second-order valence-corrected chi connectivity index (χ2v) is 4.77. The second-order valence-electron chi connectivity index (χ2n) is 4.77. The Balaban J connectivity index is 2.45. The highest BCUT2D eigenvalue weighted by Crippen LogP contribution is 2.45. The van der Waals surface area contributed by atoms with Crippen molar-refractivity contribution < 1.29 is 5.11 Å². The minimum atomic E-state index is -0.0289. The van der Waals surface area contributed by atoms with Crippen LogP contribution in [0, 0.1) is 0 Å². The summed E-state index contributed by atoms with van der Waals surface area (Å²) in [7, 11) is 0. The van der Waals surface area contributed by atoms with Gasteiger partial charge in [0.15, 0.2) is 5.75 Å². The van der Waals surface area contributed by atoms with E-state index in [0.717, 1.165) is 5.69 Å². The maximum Gasteiger partial charge on any atom is 0.157 e. The van der Waals surface area contributed by atoms with Gasteiger partial charge in [-0.15, -0.1) is 0 Å². The summed E-state index contributed by atoms with van der Waals surface area (Å²) in [4.78, 5) is 0. The van der Waals surface area contributed by atoms with Crippen LogP contribution in [0.1, 0.15) is 45.2 Å². The van der Waals surface area contributed by atoms with Crippen molar-refractivity contribution in [2.75, 3.05) is 0 Å². The molecule has 0 aliphatic heterocycles. The summed E-state index contributed by atoms with van der Waals surface area (Å²) < 4.78 is 1.94. The third kappa shape index (κ3) is 1.43. The summed E-state index contributed by atoms with van der Waals surface area (Å²) in [6.07, 6.45) is 3.93. The zero-order valence-corrected chi connectivity index (χ0v) is 8.41. The highest BCUT2D eigenvalue weighted by molar-refractivity contribution is 5.31. The van der Waals surface area contributed by atoms with Gasteiger partial charge in [-0.25, -0.2) is 0 Å². The van der Waals surface area contributed by atoms with Crippen molar-refractivity contribution in [3.05, 3.63) is 11.9 Å². The molecule has 1 aromatic rings. The fraction of sp³-hybridized carbons (Fsp3) is 0.700. The van der Waals surface area contributed by atoms with E-state index in [4.69, 9.17) is 0 Å². The lowest BCUT2D eigenvalue weighted by Gasteiger charge is -2.22. The van der Waals surface area contributed by atoms with E-state index in [-0.39, 0.29) is 5.54 Å². The van der Waals surface area contributed by atoms with Gasteiger partial charge in [0, 0.05) is 5.92 Å². The van der Waals surface area contributed by atoms with Crippen molar-refractivity contribution >= 4 is 0 Å². The molecular weight excluding hydrogens is 164 g/mol. The number of aromatic nitrogens is 2.